The number of hydrogen-bond donors (Lipinski definition) is 3. The minimum absolute atomic E-state index is 0.260. The summed E-state index contributed by atoms with van der Waals surface area (Å²) in [5.41, 5.74) is 7.81. The largest absolute Gasteiger partial charge is 0.334 e. The van der Waals surface area contributed by atoms with Gasteiger partial charge in [-0.15, -0.1) is 11.3 Å². The Morgan fingerprint density at radius 2 is 2.00 bits per heavy atom. The zero-order valence-corrected chi connectivity index (χ0v) is 10.9. The first-order chi connectivity index (χ1) is 8.74. The van der Waals surface area contributed by atoms with Gasteiger partial charge in [0.25, 0.3) is 0 Å². The molecule has 5 heteroatoms. The average Bonchev–Trinajstić information content (AvgIpc) is 2.84. The molecule has 0 unspecified atom stereocenters. The SMILES string of the molecule is Cc1ccc(CNNC(=O)Nc2cccs2)cc1. The third-order valence-corrected chi connectivity index (χ3v) is 3.16. The molecule has 2 rings (SSSR count). The molecule has 3 N–H and O–H groups in total. The quantitative estimate of drug-likeness (QED) is 0.741. The van der Waals surface area contributed by atoms with Crippen LogP contribution in [0.25, 0.3) is 0 Å². The summed E-state index contributed by atoms with van der Waals surface area (Å²) in [6, 6.07) is 11.6. The maximum Gasteiger partial charge on any atom is 0.334 e. The predicted molar refractivity (Wildman–Crippen MR) is 74.5 cm³/mol. The highest BCUT2D eigenvalue weighted by Crippen LogP contribution is 2.14. The van der Waals surface area contributed by atoms with Gasteiger partial charge in [0, 0.05) is 6.54 Å². The van der Waals surface area contributed by atoms with Gasteiger partial charge in [-0.3, -0.25) is 10.7 Å². The van der Waals surface area contributed by atoms with E-state index < -0.39 is 0 Å². The lowest BCUT2D eigenvalue weighted by Gasteiger charge is -2.07. The van der Waals surface area contributed by atoms with Gasteiger partial charge in [-0.25, -0.2) is 10.2 Å². The summed E-state index contributed by atoms with van der Waals surface area (Å²) in [5.74, 6) is 0. The Morgan fingerprint density at radius 1 is 1.22 bits per heavy atom. The number of hydrogen-bond acceptors (Lipinski definition) is 3. The molecule has 0 saturated heterocycles. The van der Waals surface area contributed by atoms with E-state index in [4.69, 9.17) is 0 Å². The van der Waals surface area contributed by atoms with Crippen molar-refractivity contribution in [3.05, 3.63) is 52.9 Å². The van der Waals surface area contributed by atoms with Crippen LogP contribution in [-0.2, 0) is 6.54 Å². The van der Waals surface area contributed by atoms with Gasteiger partial charge >= 0.3 is 6.03 Å². The first-order valence-electron chi connectivity index (χ1n) is 5.63. The van der Waals surface area contributed by atoms with Gasteiger partial charge in [-0.1, -0.05) is 29.8 Å². The molecule has 94 valence electrons. The number of urea groups is 1. The van der Waals surface area contributed by atoms with Crippen molar-refractivity contribution in [3.63, 3.8) is 0 Å². The van der Waals surface area contributed by atoms with Gasteiger partial charge in [-0.2, -0.15) is 0 Å². The fourth-order valence-corrected chi connectivity index (χ4v) is 2.04. The van der Waals surface area contributed by atoms with Crippen molar-refractivity contribution >= 4 is 22.4 Å². The molecule has 2 amide bonds. The van der Waals surface area contributed by atoms with E-state index in [1.807, 2.05) is 48.7 Å². The van der Waals surface area contributed by atoms with Crippen molar-refractivity contribution in [2.24, 2.45) is 0 Å². The van der Waals surface area contributed by atoms with E-state index in [1.54, 1.807) is 0 Å². The van der Waals surface area contributed by atoms with Crippen molar-refractivity contribution in [2.75, 3.05) is 5.32 Å². The number of carbonyl (C=O) groups is 1. The van der Waals surface area contributed by atoms with E-state index in [9.17, 15) is 4.79 Å². The Hall–Kier alpha value is -1.85. The Morgan fingerprint density at radius 3 is 2.67 bits per heavy atom. The van der Waals surface area contributed by atoms with Crippen LogP contribution in [0, 0.1) is 6.92 Å². The van der Waals surface area contributed by atoms with E-state index in [2.05, 4.69) is 16.2 Å². The number of hydrazine groups is 1. The van der Waals surface area contributed by atoms with E-state index >= 15 is 0 Å². The number of rotatable bonds is 4. The van der Waals surface area contributed by atoms with Crippen molar-refractivity contribution < 1.29 is 4.79 Å². The number of amides is 2. The minimum atomic E-state index is -0.260. The van der Waals surface area contributed by atoms with Crippen LogP contribution in [0.5, 0.6) is 0 Å². The summed E-state index contributed by atoms with van der Waals surface area (Å²) >= 11 is 1.48. The summed E-state index contributed by atoms with van der Waals surface area (Å²) < 4.78 is 0. The number of benzene rings is 1. The van der Waals surface area contributed by atoms with Crippen molar-refractivity contribution in [1.82, 2.24) is 10.9 Å². The third-order valence-electron chi connectivity index (χ3n) is 2.37. The highest BCUT2D eigenvalue weighted by molar-refractivity contribution is 7.14. The normalized spacial score (nSPS) is 10.1. The molecule has 0 atom stereocenters. The Labute approximate surface area is 110 Å². The number of aryl methyl sites for hydroxylation is 1. The molecular weight excluding hydrogens is 246 g/mol. The smallest absolute Gasteiger partial charge is 0.298 e. The predicted octanol–water partition coefficient (Wildman–Crippen LogP) is 2.88. The minimum Gasteiger partial charge on any atom is -0.298 e. The standard InChI is InChI=1S/C13H15N3OS/c1-10-4-6-11(7-5-10)9-14-16-13(17)15-12-3-2-8-18-12/h2-8,14H,9H2,1H3,(H2,15,16,17). The van der Waals surface area contributed by atoms with Gasteiger partial charge in [-0.05, 0) is 30.0 Å². The van der Waals surface area contributed by atoms with Crippen LogP contribution in [0.1, 0.15) is 11.1 Å². The molecule has 2 aromatic rings. The zero-order chi connectivity index (χ0) is 12.8. The average molecular weight is 261 g/mol. The second kappa shape index (κ2) is 6.18. The summed E-state index contributed by atoms with van der Waals surface area (Å²) in [6.45, 7) is 2.64. The summed E-state index contributed by atoms with van der Waals surface area (Å²) in [6.07, 6.45) is 0. The van der Waals surface area contributed by atoms with Crippen molar-refractivity contribution in [1.29, 1.82) is 0 Å². The lowest BCUT2D eigenvalue weighted by molar-refractivity contribution is 0.248. The highest BCUT2D eigenvalue weighted by Gasteiger charge is 2.00. The fraction of sp³-hybridized carbons (Fsp3) is 0.154. The highest BCUT2D eigenvalue weighted by atomic mass is 32.1. The second-order valence-corrected chi connectivity index (χ2v) is 4.84. The van der Waals surface area contributed by atoms with Crippen LogP contribution in [-0.4, -0.2) is 6.03 Å². The van der Waals surface area contributed by atoms with Crippen LogP contribution in [0.3, 0.4) is 0 Å². The first kappa shape index (κ1) is 12.6. The maximum atomic E-state index is 11.5. The summed E-state index contributed by atoms with van der Waals surface area (Å²) in [7, 11) is 0. The topological polar surface area (TPSA) is 53.2 Å². The molecule has 0 saturated carbocycles. The number of anilines is 1. The first-order valence-corrected chi connectivity index (χ1v) is 6.51. The van der Waals surface area contributed by atoms with Gasteiger partial charge < -0.3 is 0 Å². The number of carbonyl (C=O) groups excluding carboxylic acids is 1. The molecule has 0 radical (unpaired) electrons. The monoisotopic (exact) mass is 261 g/mol. The summed E-state index contributed by atoms with van der Waals surface area (Å²) in [5, 5.41) is 5.46. The molecule has 0 aliphatic rings. The molecule has 1 aromatic heterocycles. The van der Waals surface area contributed by atoms with E-state index in [0.29, 0.717) is 6.54 Å². The third kappa shape index (κ3) is 3.87. The van der Waals surface area contributed by atoms with Gasteiger partial charge in [0.05, 0.1) is 5.00 Å². The number of nitrogens with one attached hydrogen (secondary N) is 3. The maximum absolute atomic E-state index is 11.5. The van der Waals surface area contributed by atoms with Crippen molar-refractivity contribution in [2.45, 2.75) is 13.5 Å². The van der Waals surface area contributed by atoms with Crippen LogP contribution < -0.4 is 16.2 Å². The molecule has 0 spiro atoms. The molecule has 0 aliphatic carbocycles. The molecule has 0 fully saturated rings. The molecular formula is C13H15N3OS. The van der Waals surface area contributed by atoms with Crippen LogP contribution in [0.4, 0.5) is 9.80 Å². The van der Waals surface area contributed by atoms with Gasteiger partial charge in [0.2, 0.25) is 0 Å². The van der Waals surface area contributed by atoms with E-state index in [0.717, 1.165) is 10.6 Å². The Kier molecular flexibility index (Phi) is 4.33. The van der Waals surface area contributed by atoms with Crippen LogP contribution in [0.2, 0.25) is 0 Å². The molecule has 0 bridgehead atoms. The second-order valence-electron chi connectivity index (χ2n) is 3.90. The Bertz CT molecular complexity index is 493. The summed E-state index contributed by atoms with van der Waals surface area (Å²) in [4.78, 5) is 11.5. The lowest BCUT2D eigenvalue weighted by Crippen LogP contribution is -2.39. The van der Waals surface area contributed by atoms with Gasteiger partial charge in [0.15, 0.2) is 0 Å². The van der Waals surface area contributed by atoms with Crippen molar-refractivity contribution in [3.8, 4) is 0 Å². The molecule has 1 aromatic carbocycles. The molecule has 4 nitrogen and oxygen atoms in total. The Balaban J connectivity index is 1.72. The zero-order valence-electron chi connectivity index (χ0n) is 10.1. The van der Waals surface area contributed by atoms with E-state index in [-0.39, 0.29) is 6.03 Å². The lowest BCUT2D eigenvalue weighted by atomic mass is 10.1. The van der Waals surface area contributed by atoms with Crippen LogP contribution in [0.15, 0.2) is 41.8 Å². The number of thiophene rings is 1. The fourth-order valence-electron chi connectivity index (χ4n) is 1.43. The molecule has 18 heavy (non-hydrogen) atoms. The van der Waals surface area contributed by atoms with Crippen LogP contribution >= 0.6 is 11.3 Å². The molecule has 0 aliphatic heterocycles. The molecule has 1 heterocycles. The van der Waals surface area contributed by atoms with E-state index in [1.165, 1.54) is 16.9 Å². The van der Waals surface area contributed by atoms with Gasteiger partial charge in [0.1, 0.15) is 0 Å².